The first-order valence-electron chi connectivity index (χ1n) is 10.6. The topological polar surface area (TPSA) is 37.4 Å². The highest BCUT2D eigenvalue weighted by atomic mass is 16.2. The van der Waals surface area contributed by atoms with Crippen molar-refractivity contribution in [2.24, 2.45) is 46.3 Å². The Hall–Kier alpha value is -1.12. The van der Waals surface area contributed by atoms with Gasteiger partial charge in [-0.3, -0.25) is 9.59 Å². The minimum absolute atomic E-state index is 0.0821. The molecule has 1 aliphatic heterocycles. The summed E-state index contributed by atoms with van der Waals surface area (Å²) in [5.41, 5.74) is 0.253. The lowest BCUT2D eigenvalue weighted by Crippen LogP contribution is -2.61. The average molecular weight is 358 g/mol. The summed E-state index contributed by atoms with van der Waals surface area (Å²) < 4.78 is 0. The van der Waals surface area contributed by atoms with Crippen LogP contribution in [0.2, 0.25) is 0 Å². The van der Waals surface area contributed by atoms with E-state index in [0.717, 1.165) is 12.8 Å². The zero-order chi connectivity index (χ0) is 19.0. The number of Topliss-reactive ketones (excluding diaryl/α,β-unsaturated/α-hetero) is 1. The molecular formula is C23H35NO2. The molecule has 0 radical (unpaired) electrons. The number of carbonyl (C=O) groups excluding carboxylic acids is 2. The second-order valence-corrected chi connectivity index (χ2v) is 10.5. The molecule has 4 rings (SSSR count). The number of amides is 1. The quantitative estimate of drug-likeness (QED) is 0.701. The normalized spacial score (nSPS) is 53.1. The molecule has 3 fully saturated rings. The standard InChI is InChI=1S/C23H35NO2/c1-13-12-18-22(4,10-8-19(26)24(18)6)16-7-9-23(5)17(20(13)16)11-14(2)21(23)15(3)25/h8,10,13-14,16-18,20-21H,7,9,11-12H2,1-6H3/t13?,14?,16?,17?,18-,20?,21?,22?,23?/m0/s1. The Kier molecular flexibility index (Phi) is 3.99. The van der Waals surface area contributed by atoms with Crippen molar-refractivity contribution >= 4 is 11.7 Å². The second kappa shape index (κ2) is 5.69. The molecule has 1 heterocycles. The van der Waals surface area contributed by atoms with E-state index in [1.807, 2.05) is 24.9 Å². The first-order chi connectivity index (χ1) is 12.1. The fraction of sp³-hybridized carbons (Fsp3) is 0.826. The lowest BCUT2D eigenvalue weighted by molar-refractivity contribution is -0.147. The number of nitrogens with zero attached hydrogens (tertiary/aromatic N) is 1. The molecular weight excluding hydrogens is 322 g/mol. The Morgan fingerprint density at radius 1 is 1.15 bits per heavy atom. The molecule has 0 spiro atoms. The van der Waals surface area contributed by atoms with Crippen molar-refractivity contribution in [1.82, 2.24) is 4.90 Å². The van der Waals surface area contributed by atoms with Crippen molar-refractivity contribution < 1.29 is 9.59 Å². The van der Waals surface area contributed by atoms with E-state index in [2.05, 4.69) is 33.8 Å². The highest BCUT2D eigenvalue weighted by Crippen LogP contribution is 2.67. The maximum atomic E-state index is 12.5. The second-order valence-electron chi connectivity index (χ2n) is 10.5. The number of hydrogen-bond acceptors (Lipinski definition) is 2. The molecule has 3 saturated carbocycles. The summed E-state index contributed by atoms with van der Waals surface area (Å²) >= 11 is 0. The first-order valence-corrected chi connectivity index (χ1v) is 10.6. The number of rotatable bonds is 1. The van der Waals surface area contributed by atoms with Crippen LogP contribution in [0.5, 0.6) is 0 Å². The van der Waals surface area contributed by atoms with Gasteiger partial charge in [-0.25, -0.2) is 0 Å². The van der Waals surface area contributed by atoms with Crippen LogP contribution in [0.15, 0.2) is 12.2 Å². The zero-order valence-electron chi connectivity index (χ0n) is 17.3. The molecule has 8 unspecified atom stereocenters. The van der Waals surface area contributed by atoms with Crippen LogP contribution in [0.25, 0.3) is 0 Å². The van der Waals surface area contributed by atoms with Gasteiger partial charge in [0.2, 0.25) is 5.91 Å². The van der Waals surface area contributed by atoms with Crippen LogP contribution in [0.4, 0.5) is 0 Å². The van der Waals surface area contributed by atoms with Gasteiger partial charge in [0.15, 0.2) is 0 Å². The number of ketones is 1. The van der Waals surface area contributed by atoms with Crippen LogP contribution in [0, 0.1) is 46.3 Å². The smallest absolute Gasteiger partial charge is 0.246 e. The first kappa shape index (κ1) is 18.3. The van der Waals surface area contributed by atoms with Crippen LogP contribution >= 0.6 is 0 Å². The zero-order valence-corrected chi connectivity index (χ0v) is 17.3. The maximum Gasteiger partial charge on any atom is 0.246 e. The summed E-state index contributed by atoms with van der Waals surface area (Å²) in [7, 11) is 1.98. The Balaban J connectivity index is 1.74. The molecule has 26 heavy (non-hydrogen) atoms. The number of hydrogen-bond donors (Lipinski definition) is 0. The van der Waals surface area contributed by atoms with Gasteiger partial charge < -0.3 is 4.90 Å². The molecule has 0 N–H and O–H groups in total. The van der Waals surface area contributed by atoms with Gasteiger partial charge in [0.25, 0.3) is 0 Å². The third-order valence-corrected chi connectivity index (χ3v) is 9.28. The van der Waals surface area contributed by atoms with Crippen LogP contribution in [-0.2, 0) is 9.59 Å². The molecule has 0 aromatic heterocycles. The van der Waals surface area contributed by atoms with E-state index < -0.39 is 0 Å². The summed E-state index contributed by atoms with van der Waals surface area (Å²) in [6, 6.07) is 0.322. The molecule has 0 bridgehead atoms. The maximum absolute atomic E-state index is 12.5. The Labute approximate surface area is 158 Å². The summed E-state index contributed by atoms with van der Waals surface area (Å²) in [5, 5.41) is 0. The van der Waals surface area contributed by atoms with Gasteiger partial charge in [-0.05, 0) is 73.7 Å². The molecule has 0 aromatic rings. The number of likely N-dealkylation sites (N-methyl/N-ethyl adjacent to an activating group) is 1. The van der Waals surface area contributed by atoms with Crippen molar-refractivity contribution in [3.05, 3.63) is 12.2 Å². The number of fused-ring (bicyclic) bond motifs is 5. The van der Waals surface area contributed by atoms with E-state index in [9.17, 15) is 9.59 Å². The fourth-order valence-corrected chi connectivity index (χ4v) is 8.29. The van der Waals surface area contributed by atoms with Crippen LogP contribution in [0.1, 0.15) is 60.3 Å². The van der Waals surface area contributed by atoms with Gasteiger partial charge in [0, 0.05) is 24.4 Å². The van der Waals surface area contributed by atoms with E-state index in [-0.39, 0.29) is 22.7 Å². The van der Waals surface area contributed by atoms with Crippen LogP contribution in [-0.4, -0.2) is 29.7 Å². The molecule has 9 atom stereocenters. The minimum Gasteiger partial charge on any atom is -0.338 e. The van der Waals surface area contributed by atoms with Gasteiger partial charge in [-0.2, -0.15) is 0 Å². The molecule has 1 amide bonds. The van der Waals surface area contributed by atoms with Gasteiger partial charge in [-0.15, -0.1) is 0 Å². The Morgan fingerprint density at radius 2 is 1.85 bits per heavy atom. The summed E-state index contributed by atoms with van der Waals surface area (Å²) in [5.74, 6) is 3.85. The van der Waals surface area contributed by atoms with E-state index in [4.69, 9.17) is 0 Å². The van der Waals surface area contributed by atoms with Gasteiger partial charge >= 0.3 is 0 Å². The van der Waals surface area contributed by atoms with E-state index in [1.165, 1.54) is 12.8 Å². The monoisotopic (exact) mass is 357 g/mol. The minimum atomic E-state index is 0.0821. The SMILES string of the molecule is CC(=O)C1C(C)CC2C3C(C)C[C@@H]4N(C)C(=O)C=CC4(C)C3CCC21C. The molecule has 3 heteroatoms. The Bertz CT molecular complexity index is 669. The average Bonchev–Trinajstić information content (AvgIpc) is 2.83. The Morgan fingerprint density at radius 3 is 2.50 bits per heavy atom. The fourth-order valence-electron chi connectivity index (χ4n) is 8.29. The molecule has 0 aromatic carbocycles. The van der Waals surface area contributed by atoms with Crippen LogP contribution in [0.3, 0.4) is 0 Å². The van der Waals surface area contributed by atoms with E-state index in [0.29, 0.717) is 41.4 Å². The predicted molar refractivity (Wildman–Crippen MR) is 103 cm³/mol. The third-order valence-electron chi connectivity index (χ3n) is 9.28. The molecule has 4 aliphatic rings. The summed E-state index contributed by atoms with van der Waals surface area (Å²) in [4.78, 5) is 26.7. The third kappa shape index (κ3) is 2.18. The van der Waals surface area contributed by atoms with Gasteiger partial charge in [0.1, 0.15) is 5.78 Å². The van der Waals surface area contributed by atoms with E-state index in [1.54, 1.807) is 0 Å². The van der Waals surface area contributed by atoms with Crippen molar-refractivity contribution in [2.45, 2.75) is 66.3 Å². The molecule has 0 saturated heterocycles. The van der Waals surface area contributed by atoms with Crippen molar-refractivity contribution in [3.63, 3.8) is 0 Å². The highest BCUT2D eigenvalue weighted by molar-refractivity contribution is 5.89. The number of carbonyl (C=O) groups is 2. The predicted octanol–water partition coefficient (Wildman–Crippen LogP) is 4.32. The summed E-state index contributed by atoms with van der Waals surface area (Å²) in [6.45, 7) is 11.3. The lowest BCUT2D eigenvalue weighted by Gasteiger charge is -2.62. The van der Waals surface area contributed by atoms with Crippen molar-refractivity contribution in [2.75, 3.05) is 7.05 Å². The van der Waals surface area contributed by atoms with Crippen molar-refractivity contribution in [1.29, 1.82) is 0 Å². The van der Waals surface area contributed by atoms with Gasteiger partial charge in [-0.1, -0.05) is 33.8 Å². The van der Waals surface area contributed by atoms with E-state index >= 15 is 0 Å². The molecule has 3 nitrogen and oxygen atoms in total. The highest BCUT2D eigenvalue weighted by Gasteiger charge is 2.63. The van der Waals surface area contributed by atoms with Crippen molar-refractivity contribution in [3.8, 4) is 0 Å². The summed E-state index contributed by atoms with van der Waals surface area (Å²) in [6.07, 6.45) is 8.70. The largest absolute Gasteiger partial charge is 0.338 e. The molecule has 3 aliphatic carbocycles. The molecule has 144 valence electrons. The van der Waals surface area contributed by atoms with Crippen LogP contribution < -0.4 is 0 Å². The van der Waals surface area contributed by atoms with Gasteiger partial charge in [0.05, 0.1) is 0 Å². The lowest BCUT2D eigenvalue weighted by atomic mass is 9.45.